The first kappa shape index (κ1) is 14.8. The van der Waals surface area contributed by atoms with Gasteiger partial charge in [0.05, 0.1) is 5.69 Å². The summed E-state index contributed by atoms with van der Waals surface area (Å²) in [6.07, 6.45) is 11.8. The van der Waals surface area contributed by atoms with Crippen molar-refractivity contribution in [1.29, 1.82) is 0 Å². The van der Waals surface area contributed by atoms with Gasteiger partial charge in [-0.05, 0) is 49.7 Å². The van der Waals surface area contributed by atoms with Gasteiger partial charge in [0, 0.05) is 23.2 Å². The van der Waals surface area contributed by atoms with Crippen LogP contribution in [0.4, 0.5) is 5.13 Å². The molecular formula is C18H21N3OS. The lowest BCUT2D eigenvalue weighted by Crippen LogP contribution is -2.14. The third-order valence-corrected chi connectivity index (χ3v) is 5.89. The number of nitrogens with zero attached hydrogens (tertiary/aromatic N) is 2. The predicted molar refractivity (Wildman–Crippen MR) is 91.7 cm³/mol. The summed E-state index contributed by atoms with van der Waals surface area (Å²) in [5, 5.41) is 3.84. The van der Waals surface area contributed by atoms with Crippen LogP contribution >= 0.6 is 11.3 Å². The van der Waals surface area contributed by atoms with E-state index >= 15 is 0 Å². The van der Waals surface area contributed by atoms with E-state index < -0.39 is 0 Å². The monoisotopic (exact) mass is 327 g/mol. The Bertz CT molecular complexity index is 672. The Hall–Kier alpha value is -1.75. The Morgan fingerprint density at radius 3 is 2.91 bits per heavy atom. The van der Waals surface area contributed by atoms with Gasteiger partial charge in [-0.1, -0.05) is 18.9 Å². The Morgan fingerprint density at radius 1 is 1.22 bits per heavy atom. The minimum atomic E-state index is 0.0747. The Balaban J connectivity index is 1.41. The van der Waals surface area contributed by atoms with E-state index in [1.54, 1.807) is 17.5 Å². The molecule has 4 rings (SSSR count). The summed E-state index contributed by atoms with van der Waals surface area (Å²) < 4.78 is 0. The molecule has 0 aliphatic heterocycles. The molecule has 1 amide bonds. The van der Waals surface area contributed by atoms with Crippen molar-refractivity contribution in [1.82, 2.24) is 9.97 Å². The van der Waals surface area contributed by atoms with Gasteiger partial charge in [0.1, 0.15) is 0 Å². The summed E-state index contributed by atoms with van der Waals surface area (Å²) in [7, 11) is 0. The first-order valence-corrected chi connectivity index (χ1v) is 9.32. The van der Waals surface area contributed by atoms with Crippen LogP contribution in [0.5, 0.6) is 0 Å². The van der Waals surface area contributed by atoms with Crippen LogP contribution in [0.2, 0.25) is 0 Å². The molecule has 2 heterocycles. The SMILES string of the molecule is O=C(Nc1nc2c(s1)CCCCCC2)[C@@H]1C[C@H]1c1cccnc1. The van der Waals surface area contributed by atoms with Gasteiger partial charge < -0.3 is 5.32 Å². The lowest BCUT2D eigenvalue weighted by molar-refractivity contribution is -0.117. The fourth-order valence-corrected chi connectivity index (χ4v) is 4.46. The van der Waals surface area contributed by atoms with Crippen LogP contribution in [0.3, 0.4) is 0 Å². The topological polar surface area (TPSA) is 54.9 Å². The summed E-state index contributed by atoms with van der Waals surface area (Å²) in [6.45, 7) is 0. The number of carbonyl (C=O) groups is 1. The number of carbonyl (C=O) groups excluding carboxylic acids is 1. The molecule has 1 fully saturated rings. The molecule has 4 nitrogen and oxygen atoms in total. The molecule has 0 unspecified atom stereocenters. The second kappa shape index (κ2) is 6.40. The van der Waals surface area contributed by atoms with Gasteiger partial charge in [0.15, 0.2) is 5.13 Å². The molecule has 0 saturated heterocycles. The number of amides is 1. The molecule has 2 aliphatic rings. The van der Waals surface area contributed by atoms with Crippen LogP contribution < -0.4 is 5.32 Å². The molecule has 0 spiro atoms. The molecule has 23 heavy (non-hydrogen) atoms. The van der Waals surface area contributed by atoms with E-state index in [9.17, 15) is 4.79 Å². The summed E-state index contributed by atoms with van der Waals surface area (Å²) >= 11 is 1.67. The van der Waals surface area contributed by atoms with Gasteiger partial charge in [0.2, 0.25) is 5.91 Å². The molecule has 120 valence electrons. The number of aromatic nitrogens is 2. The van der Waals surface area contributed by atoms with Crippen molar-refractivity contribution in [2.45, 2.75) is 50.9 Å². The summed E-state index contributed by atoms with van der Waals surface area (Å²) in [4.78, 5) is 22.6. The molecule has 2 aromatic heterocycles. The van der Waals surface area contributed by atoms with Crippen LogP contribution in [0, 0.1) is 5.92 Å². The molecule has 2 aliphatic carbocycles. The Labute approximate surface area is 140 Å². The van der Waals surface area contributed by atoms with Gasteiger partial charge >= 0.3 is 0 Å². The highest BCUT2D eigenvalue weighted by molar-refractivity contribution is 7.15. The minimum Gasteiger partial charge on any atom is -0.302 e. The minimum absolute atomic E-state index is 0.0747. The maximum Gasteiger partial charge on any atom is 0.229 e. The quantitative estimate of drug-likeness (QED) is 0.929. The van der Waals surface area contributed by atoms with Crippen molar-refractivity contribution in [2.24, 2.45) is 5.92 Å². The van der Waals surface area contributed by atoms with E-state index in [4.69, 9.17) is 0 Å². The van der Waals surface area contributed by atoms with Gasteiger partial charge in [-0.2, -0.15) is 0 Å². The van der Waals surface area contributed by atoms with Gasteiger partial charge in [-0.25, -0.2) is 4.98 Å². The van der Waals surface area contributed by atoms with Crippen LogP contribution in [-0.2, 0) is 17.6 Å². The Morgan fingerprint density at radius 2 is 2.09 bits per heavy atom. The summed E-state index contributed by atoms with van der Waals surface area (Å²) in [5.41, 5.74) is 2.38. The number of anilines is 1. The largest absolute Gasteiger partial charge is 0.302 e. The highest BCUT2D eigenvalue weighted by Crippen LogP contribution is 2.47. The lowest BCUT2D eigenvalue weighted by atomic mass is 10.0. The third-order valence-electron chi connectivity index (χ3n) is 4.82. The fraction of sp³-hybridized carbons (Fsp3) is 0.500. The second-order valence-corrected chi connectivity index (χ2v) is 7.61. The zero-order chi connectivity index (χ0) is 15.6. The van der Waals surface area contributed by atoms with Crippen LogP contribution in [0.1, 0.15) is 54.2 Å². The highest BCUT2D eigenvalue weighted by Gasteiger charge is 2.44. The van der Waals surface area contributed by atoms with Crippen molar-refractivity contribution < 1.29 is 4.79 Å². The fourth-order valence-electron chi connectivity index (χ4n) is 3.41. The highest BCUT2D eigenvalue weighted by atomic mass is 32.1. The number of aryl methyl sites for hydroxylation is 2. The van der Waals surface area contributed by atoms with Crippen molar-refractivity contribution in [3.05, 3.63) is 40.7 Å². The summed E-state index contributed by atoms with van der Waals surface area (Å²) in [5.74, 6) is 0.510. The van der Waals surface area contributed by atoms with Crippen molar-refractivity contribution in [3.63, 3.8) is 0 Å². The lowest BCUT2D eigenvalue weighted by Gasteiger charge is -2.06. The van der Waals surface area contributed by atoms with E-state index in [0.717, 1.165) is 24.4 Å². The van der Waals surface area contributed by atoms with Gasteiger partial charge in [-0.15, -0.1) is 11.3 Å². The number of pyridine rings is 1. The number of hydrogen-bond acceptors (Lipinski definition) is 4. The average Bonchev–Trinajstić information content (AvgIpc) is 3.27. The van der Waals surface area contributed by atoms with Crippen molar-refractivity contribution >= 4 is 22.4 Å². The van der Waals surface area contributed by atoms with Crippen LogP contribution in [0.25, 0.3) is 0 Å². The molecular weight excluding hydrogens is 306 g/mol. The van der Waals surface area contributed by atoms with Gasteiger partial charge in [-0.3, -0.25) is 9.78 Å². The first-order valence-electron chi connectivity index (χ1n) is 8.50. The van der Waals surface area contributed by atoms with Crippen LogP contribution in [0.15, 0.2) is 24.5 Å². The number of hydrogen-bond donors (Lipinski definition) is 1. The molecule has 1 N–H and O–H groups in total. The molecule has 0 radical (unpaired) electrons. The molecule has 2 aromatic rings. The smallest absolute Gasteiger partial charge is 0.229 e. The summed E-state index contributed by atoms with van der Waals surface area (Å²) in [6, 6.07) is 3.99. The van der Waals surface area contributed by atoms with Crippen molar-refractivity contribution in [2.75, 3.05) is 5.32 Å². The molecule has 2 atom stereocenters. The van der Waals surface area contributed by atoms with E-state index in [2.05, 4.69) is 21.4 Å². The number of rotatable bonds is 3. The van der Waals surface area contributed by atoms with E-state index in [1.165, 1.54) is 41.8 Å². The van der Waals surface area contributed by atoms with Crippen LogP contribution in [-0.4, -0.2) is 15.9 Å². The van der Waals surface area contributed by atoms with Crippen molar-refractivity contribution in [3.8, 4) is 0 Å². The molecule has 1 saturated carbocycles. The van der Waals surface area contributed by atoms with E-state index in [0.29, 0.717) is 5.92 Å². The number of fused-ring (bicyclic) bond motifs is 1. The van der Waals surface area contributed by atoms with Gasteiger partial charge in [0.25, 0.3) is 0 Å². The van der Waals surface area contributed by atoms with E-state index in [-0.39, 0.29) is 11.8 Å². The first-order chi connectivity index (χ1) is 11.3. The normalized spacial score (nSPS) is 23.5. The zero-order valence-corrected chi connectivity index (χ0v) is 13.9. The second-order valence-electron chi connectivity index (χ2n) is 6.53. The molecule has 0 aromatic carbocycles. The maximum absolute atomic E-state index is 12.4. The third kappa shape index (κ3) is 3.29. The predicted octanol–water partition coefficient (Wildman–Crippen LogP) is 3.94. The Kier molecular flexibility index (Phi) is 4.12. The van der Waals surface area contributed by atoms with E-state index in [1.807, 2.05) is 12.3 Å². The maximum atomic E-state index is 12.4. The average molecular weight is 327 g/mol. The zero-order valence-electron chi connectivity index (χ0n) is 13.1. The number of nitrogens with one attached hydrogen (secondary N) is 1. The number of thiazole rings is 1. The molecule has 0 bridgehead atoms. The standard InChI is InChI=1S/C18H21N3OS/c22-17(14-10-13(14)12-6-5-9-19-11-12)21-18-20-15-7-3-1-2-4-8-16(15)23-18/h5-6,9,11,13-14H,1-4,7-8,10H2,(H,20,21,22)/t13-,14+/m0/s1. The molecule has 5 heteroatoms.